The second-order valence-corrected chi connectivity index (χ2v) is 45.7. The summed E-state index contributed by atoms with van der Waals surface area (Å²) in [6.45, 7) is 74.4. The Morgan fingerprint density at radius 1 is 0.167 bits per heavy atom. The minimum Gasteiger partial charge on any atom is -0.354 e. The number of benzene rings is 8. The maximum absolute atomic E-state index is 5.58. The highest BCUT2D eigenvalue weighted by molar-refractivity contribution is 6.00. The number of anilines is 8. The fourth-order valence-corrected chi connectivity index (χ4v) is 18.7. The van der Waals surface area contributed by atoms with Crippen LogP contribution in [0.15, 0.2) is 147 Å². The van der Waals surface area contributed by atoms with E-state index in [2.05, 4.69) is 340 Å². The van der Waals surface area contributed by atoms with E-state index >= 15 is 0 Å². The van der Waals surface area contributed by atoms with Crippen LogP contribution in [0.1, 0.15) is 311 Å². The van der Waals surface area contributed by atoms with Gasteiger partial charge >= 0.3 is 0 Å². The lowest BCUT2D eigenvalue weighted by molar-refractivity contribution is 0.574. The van der Waals surface area contributed by atoms with Crippen LogP contribution in [0.5, 0.6) is 0 Å². The van der Waals surface area contributed by atoms with Crippen LogP contribution in [-0.2, 0) is 65.0 Å². The van der Waals surface area contributed by atoms with E-state index in [1.165, 1.54) is 89.0 Å². The largest absolute Gasteiger partial charge is 0.354 e. The Labute approximate surface area is 714 Å². The van der Waals surface area contributed by atoms with Gasteiger partial charge in [-0.3, -0.25) is 39.9 Å². The lowest BCUT2D eigenvalue weighted by Gasteiger charge is -2.40. The van der Waals surface area contributed by atoms with Gasteiger partial charge in [0.2, 0.25) is 0 Å². The van der Waals surface area contributed by atoms with E-state index in [0.717, 1.165) is 136 Å². The first-order chi connectivity index (χ1) is 55.5. The lowest BCUT2D eigenvalue weighted by Crippen LogP contribution is -2.29. The molecule has 616 valence electrons. The molecule has 8 aromatic carbocycles. The van der Waals surface area contributed by atoms with Crippen molar-refractivity contribution >= 4 is 45.5 Å². The molecule has 0 aliphatic carbocycles. The molecule has 12 nitrogen and oxygen atoms in total. The first-order valence-electron chi connectivity index (χ1n) is 43.4. The molecule has 12 aromatic rings. The van der Waals surface area contributed by atoms with Gasteiger partial charge in [0, 0.05) is 66.2 Å². The number of nitrogens with zero attached hydrogens (tertiary/aromatic N) is 8. The molecule has 0 unspecified atom stereocenters. The molecule has 4 aromatic heterocycles. The zero-order chi connectivity index (χ0) is 86.5. The molecule has 0 fully saturated rings. The predicted octanol–water partition coefficient (Wildman–Crippen LogP) is 28.4. The van der Waals surface area contributed by atoms with Crippen LogP contribution < -0.4 is 21.3 Å². The smallest absolute Gasteiger partial charge is 0.0906 e. The van der Waals surface area contributed by atoms with Crippen molar-refractivity contribution in [1.82, 2.24) is 39.9 Å². The Hall–Kier alpha value is -10.7. The predicted molar refractivity (Wildman–Crippen MR) is 503 cm³/mol. The molecule has 0 saturated heterocycles. The Kier molecular flexibility index (Phi) is 18.0. The molecule has 0 radical (unpaired) electrons. The van der Waals surface area contributed by atoms with Crippen molar-refractivity contribution < 1.29 is 0 Å². The van der Waals surface area contributed by atoms with E-state index in [4.69, 9.17) is 39.9 Å². The van der Waals surface area contributed by atoms with Gasteiger partial charge in [-0.25, -0.2) is 0 Å². The summed E-state index contributed by atoms with van der Waals surface area (Å²) in [7, 11) is 0. The number of aromatic nitrogens is 8. The lowest BCUT2D eigenvalue weighted by atomic mass is 9.69. The van der Waals surface area contributed by atoms with E-state index in [0.29, 0.717) is 0 Å². The minimum atomic E-state index is -0.501. The Bertz CT molecular complexity index is 5150. The van der Waals surface area contributed by atoms with E-state index in [-0.39, 0.29) is 43.3 Å². The fraction of sp³-hybridized carbons (Fsp3) is 0.407. The molecule has 4 N–H and O–H groups in total. The molecule has 0 saturated carbocycles. The minimum absolute atomic E-state index is 0.210. The SMILES string of the molecule is CC(C)(C)c1cc2c3c(c1)C(C)(C)c1cc(C(C)(C)C)cc(c1N3)-c1cnc(cn1)-c1cc(C(C)(C)C)cc3c1Nc1c(cc(C(C)(C)C)cc1C3(C)C)-c1cnc(cn1)-c1cc(C(C)(C)C)cc3c1Nc1c(cc(C(C)(C)C)cc1C3(C)C)-c1cnc(cn1)-c1cc(C(C)(C)C)cc3c1Nc1c(cc(C(C)(C)C)cc1C3(C)C)-c1cnc-2cn1. The van der Waals surface area contributed by atoms with Gasteiger partial charge in [0.1, 0.15) is 0 Å². The highest BCUT2D eigenvalue weighted by Gasteiger charge is 2.45. The number of nitrogens with one attached hydrogen (secondary N) is 4. The molecule has 16 bridgehead atoms. The zero-order valence-corrected chi connectivity index (χ0v) is 77.4. The van der Waals surface area contributed by atoms with Crippen LogP contribution in [0.2, 0.25) is 0 Å². The quantitative estimate of drug-likeness (QED) is 0.114. The van der Waals surface area contributed by atoms with Gasteiger partial charge in [0.05, 0.1) is 141 Å². The summed E-state index contributed by atoms with van der Waals surface area (Å²) in [5, 5.41) is 16.7. The molecule has 11 aliphatic heterocycles. The first-order valence-corrected chi connectivity index (χ1v) is 43.4. The zero-order valence-electron chi connectivity index (χ0n) is 77.4. The van der Waals surface area contributed by atoms with Gasteiger partial charge < -0.3 is 21.3 Å². The maximum atomic E-state index is 5.58. The fourth-order valence-electron chi connectivity index (χ4n) is 18.7. The number of hydrogen-bond donors (Lipinski definition) is 4. The molecule has 23 rings (SSSR count). The summed E-state index contributed by atoms with van der Waals surface area (Å²) < 4.78 is 0. The third-order valence-electron chi connectivity index (χ3n) is 27.2. The summed E-state index contributed by atoms with van der Waals surface area (Å²) in [5.41, 5.74) is 37.6. The van der Waals surface area contributed by atoms with Crippen LogP contribution in [0, 0.1) is 0 Å². The second kappa shape index (κ2) is 26.4. The van der Waals surface area contributed by atoms with Crippen molar-refractivity contribution in [2.24, 2.45) is 0 Å². The van der Waals surface area contributed by atoms with Gasteiger partial charge in [-0.15, -0.1) is 0 Å². The number of hydrogen-bond acceptors (Lipinski definition) is 12. The first kappa shape index (κ1) is 81.6. The van der Waals surface area contributed by atoms with Gasteiger partial charge in [-0.05, 0) is 181 Å². The van der Waals surface area contributed by atoms with Crippen molar-refractivity contribution in [2.75, 3.05) is 21.3 Å². The van der Waals surface area contributed by atoms with Gasteiger partial charge in [-0.2, -0.15) is 0 Å². The van der Waals surface area contributed by atoms with E-state index in [9.17, 15) is 0 Å². The second-order valence-electron chi connectivity index (χ2n) is 45.7. The third kappa shape index (κ3) is 13.3. The summed E-state index contributed by atoms with van der Waals surface area (Å²) in [4.78, 5) is 44.7. The molecule has 15 heterocycles. The van der Waals surface area contributed by atoms with E-state index < -0.39 is 21.7 Å². The molecule has 12 heteroatoms. The Morgan fingerprint density at radius 3 is 0.350 bits per heavy atom. The summed E-state index contributed by atoms with van der Waals surface area (Å²) in [6, 6.07) is 38.2. The van der Waals surface area contributed by atoms with E-state index in [1.807, 2.05) is 49.6 Å². The molecule has 0 spiro atoms. The van der Waals surface area contributed by atoms with Crippen LogP contribution >= 0.6 is 0 Å². The van der Waals surface area contributed by atoms with Crippen LogP contribution in [0.25, 0.3) is 90.1 Å². The van der Waals surface area contributed by atoms with Crippen LogP contribution in [0.4, 0.5) is 45.5 Å². The van der Waals surface area contributed by atoms with Gasteiger partial charge in [0.15, 0.2) is 0 Å². The summed E-state index contributed by atoms with van der Waals surface area (Å²) in [6.07, 6.45) is 16.0. The molecular weight excluding hydrogens is 1470 g/mol. The maximum Gasteiger partial charge on any atom is 0.0906 e. The topological polar surface area (TPSA) is 151 Å². The average molecular weight is 1590 g/mol. The third-order valence-corrected chi connectivity index (χ3v) is 27.2. The average Bonchev–Trinajstić information content (AvgIpc) is 0.726. The highest BCUT2D eigenvalue weighted by atomic mass is 15.0. The van der Waals surface area contributed by atoms with Crippen molar-refractivity contribution in [3.8, 4) is 90.1 Å². The molecular formula is C108H124N12. The van der Waals surface area contributed by atoms with Crippen molar-refractivity contribution in [3.63, 3.8) is 0 Å². The van der Waals surface area contributed by atoms with E-state index in [1.54, 1.807) is 0 Å². The molecule has 120 heavy (non-hydrogen) atoms. The standard InChI is InChI=1S/C108H124N12/c1-97(2,3)57-33-65-81-49-110-82(50-109-81)67-35-59(99(7,8)9)43-75-91(67)118-92-69(37-61(101(13,14)15)44-76(92)106(75,27)28)85-53-114-86(54-113-85)71-39-63(103(19,20)21)47-79-95(71)120-96-72(40-64(104(22,23)24)48-80(96)108(79,31)32)88-56-115-87(55-116-88)70-38-62(102(16,17)18)46-78-94(70)119-93-68(36-60(100(10,11)12)45-77(93)107(78,29)30)84-52-111-83(51-112-84)66-34-58(98(4,5)6)42-74-90(66)117-89(65)73(41-57)105(74,25)26/h33-56,117-120H,1-32H3. The Balaban J connectivity index is 0.923. The van der Waals surface area contributed by atoms with Crippen molar-refractivity contribution in [1.29, 1.82) is 0 Å². The molecule has 0 amide bonds. The van der Waals surface area contributed by atoms with Crippen LogP contribution in [0.3, 0.4) is 0 Å². The highest BCUT2D eigenvalue weighted by Crippen LogP contribution is 2.60. The van der Waals surface area contributed by atoms with Crippen molar-refractivity contribution in [2.45, 2.75) is 287 Å². The molecule has 0 atom stereocenters. The normalized spacial score (nSPS) is 15.9. The van der Waals surface area contributed by atoms with Gasteiger partial charge in [0.25, 0.3) is 0 Å². The monoisotopic (exact) mass is 1590 g/mol. The van der Waals surface area contributed by atoms with Crippen molar-refractivity contribution in [3.05, 3.63) is 236 Å². The van der Waals surface area contributed by atoms with Crippen LogP contribution in [-0.4, -0.2) is 39.9 Å². The summed E-state index contributed by atoms with van der Waals surface area (Å²) >= 11 is 0. The number of rotatable bonds is 0. The molecule has 11 aliphatic rings. The Morgan fingerprint density at radius 2 is 0.267 bits per heavy atom. The summed E-state index contributed by atoms with van der Waals surface area (Å²) in [5.74, 6) is 0. The van der Waals surface area contributed by atoms with Gasteiger partial charge in [-0.1, -0.05) is 270 Å².